The number of aromatic hydroxyl groups is 1. The van der Waals surface area contributed by atoms with Crippen molar-refractivity contribution in [2.24, 2.45) is 5.73 Å². The van der Waals surface area contributed by atoms with Crippen LogP contribution in [0.1, 0.15) is 11.6 Å². The van der Waals surface area contributed by atoms with Crippen molar-refractivity contribution in [1.29, 1.82) is 0 Å². The molecule has 3 N–H and O–H groups in total. The molecule has 0 aliphatic rings. The third kappa shape index (κ3) is 2.10. The maximum absolute atomic E-state index is 12.2. The molecule has 1 atom stereocenters. The van der Waals surface area contributed by atoms with Gasteiger partial charge in [-0.2, -0.15) is 13.2 Å². The summed E-state index contributed by atoms with van der Waals surface area (Å²) < 4.78 is 36.6. The second-order valence-corrected chi connectivity index (χ2v) is 3.10. The van der Waals surface area contributed by atoms with Gasteiger partial charge in [-0.3, -0.25) is 0 Å². The van der Waals surface area contributed by atoms with Gasteiger partial charge in [0, 0.05) is 10.6 Å². The molecule has 0 bridgehead atoms. The number of benzene rings is 1. The van der Waals surface area contributed by atoms with Crippen LogP contribution in [0.2, 0.25) is 5.02 Å². The van der Waals surface area contributed by atoms with Crippen LogP contribution in [0.15, 0.2) is 18.2 Å². The average molecular weight is 226 g/mol. The number of alkyl halides is 3. The summed E-state index contributed by atoms with van der Waals surface area (Å²) in [5, 5.41) is 8.96. The Kier molecular flexibility index (Phi) is 2.92. The van der Waals surface area contributed by atoms with Gasteiger partial charge >= 0.3 is 6.18 Å². The molecule has 0 unspecified atom stereocenters. The van der Waals surface area contributed by atoms with Crippen LogP contribution < -0.4 is 5.73 Å². The maximum Gasteiger partial charge on any atom is 0.407 e. The third-order valence-corrected chi connectivity index (χ3v) is 2.02. The van der Waals surface area contributed by atoms with Crippen LogP contribution in [0.3, 0.4) is 0 Å². The van der Waals surface area contributed by atoms with Crippen molar-refractivity contribution in [1.82, 2.24) is 0 Å². The maximum atomic E-state index is 12.2. The third-order valence-electron chi connectivity index (χ3n) is 1.69. The summed E-state index contributed by atoms with van der Waals surface area (Å²) in [6.07, 6.45) is -4.62. The van der Waals surface area contributed by atoms with E-state index in [1.54, 1.807) is 0 Å². The summed E-state index contributed by atoms with van der Waals surface area (Å²) in [6.45, 7) is 0. The minimum atomic E-state index is -4.62. The van der Waals surface area contributed by atoms with Crippen LogP contribution in [0.25, 0.3) is 0 Å². The molecule has 2 nitrogen and oxygen atoms in total. The van der Waals surface area contributed by atoms with E-state index >= 15 is 0 Å². The van der Waals surface area contributed by atoms with E-state index in [4.69, 9.17) is 22.4 Å². The highest BCUT2D eigenvalue weighted by Crippen LogP contribution is 2.38. The summed E-state index contributed by atoms with van der Waals surface area (Å²) in [7, 11) is 0. The molecule has 0 saturated heterocycles. The first-order valence-corrected chi connectivity index (χ1v) is 4.01. The van der Waals surface area contributed by atoms with Crippen LogP contribution >= 0.6 is 11.6 Å². The predicted octanol–water partition coefficient (Wildman–Crippen LogP) is 2.61. The number of nitrogens with two attached hydrogens (primary N) is 1. The molecular formula is C8H7ClF3NO. The SMILES string of the molecule is N[C@H](c1c(O)cccc1Cl)C(F)(F)F. The zero-order chi connectivity index (χ0) is 10.9. The average Bonchev–Trinajstić information content (AvgIpc) is 2.01. The van der Waals surface area contributed by atoms with Crippen molar-refractivity contribution in [3.05, 3.63) is 28.8 Å². The zero-order valence-corrected chi connectivity index (χ0v) is 7.60. The van der Waals surface area contributed by atoms with Crippen LogP contribution in [0.5, 0.6) is 5.75 Å². The molecule has 1 rings (SSSR count). The standard InChI is InChI=1S/C8H7ClF3NO/c9-4-2-1-3-5(14)6(4)7(13)8(10,11)12/h1-3,7,14H,13H2/t7-/m1/s1. The summed E-state index contributed by atoms with van der Waals surface area (Å²) in [5.41, 5.74) is 4.41. The fraction of sp³-hybridized carbons (Fsp3) is 0.250. The first kappa shape index (κ1) is 11.1. The number of rotatable bonds is 1. The molecule has 78 valence electrons. The van der Waals surface area contributed by atoms with Crippen molar-refractivity contribution in [2.45, 2.75) is 12.2 Å². The van der Waals surface area contributed by atoms with E-state index < -0.39 is 23.5 Å². The molecular weight excluding hydrogens is 219 g/mol. The Bertz CT molecular complexity index is 320. The largest absolute Gasteiger partial charge is 0.508 e. The van der Waals surface area contributed by atoms with E-state index in [0.717, 1.165) is 6.07 Å². The van der Waals surface area contributed by atoms with Crippen LogP contribution in [0.4, 0.5) is 13.2 Å². The Hall–Kier alpha value is -0.940. The van der Waals surface area contributed by atoms with Crippen molar-refractivity contribution in [3.63, 3.8) is 0 Å². The molecule has 14 heavy (non-hydrogen) atoms. The second kappa shape index (κ2) is 3.67. The lowest BCUT2D eigenvalue weighted by atomic mass is 10.1. The summed E-state index contributed by atoms with van der Waals surface area (Å²) >= 11 is 5.49. The second-order valence-electron chi connectivity index (χ2n) is 2.69. The lowest BCUT2D eigenvalue weighted by molar-refractivity contribution is -0.149. The quantitative estimate of drug-likeness (QED) is 0.772. The Morgan fingerprint density at radius 3 is 2.36 bits per heavy atom. The number of hydrogen-bond donors (Lipinski definition) is 2. The molecule has 1 aromatic carbocycles. The van der Waals surface area contributed by atoms with Crippen LogP contribution in [-0.2, 0) is 0 Å². The summed E-state index contributed by atoms with van der Waals surface area (Å²) in [4.78, 5) is 0. The molecule has 0 radical (unpaired) electrons. The number of halogens is 4. The molecule has 0 aliphatic carbocycles. The van der Waals surface area contributed by atoms with E-state index in [2.05, 4.69) is 0 Å². The topological polar surface area (TPSA) is 46.2 Å². The Morgan fingerprint density at radius 1 is 1.36 bits per heavy atom. The van der Waals surface area contributed by atoms with Gasteiger partial charge < -0.3 is 10.8 Å². The molecule has 0 aromatic heterocycles. The highest BCUT2D eigenvalue weighted by atomic mass is 35.5. The van der Waals surface area contributed by atoms with Gasteiger partial charge in [0.15, 0.2) is 0 Å². The minimum Gasteiger partial charge on any atom is -0.508 e. The van der Waals surface area contributed by atoms with Gasteiger partial charge in [0.25, 0.3) is 0 Å². The van der Waals surface area contributed by atoms with Gasteiger partial charge in [0.1, 0.15) is 11.8 Å². The molecule has 6 heteroatoms. The zero-order valence-electron chi connectivity index (χ0n) is 6.85. The number of phenols is 1. The van der Waals surface area contributed by atoms with Crippen LogP contribution in [0, 0.1) is 0 Å². The van der Waals surface area contributed by atoms with Crippen molar-refractivity contribution in [2.75, 3.05) is 0 Å². The molecule has 0 saturated carbocycles. The summed E-state index contributed by atoms with van der Waals surface area (Å²) in [6, 6.07) is 1.41. The minimum absolute atomic E-state index is 0.199. The fourth-order valence-electron chi connectivity index (χ4n) is 0.997. The van der Waals surface area contributed by atoms with E-state index in [1.807, 2.05) is 0 Å². The van der Waals surface area contributed by atoms with Gasteiger partial charge in [-0.15, -0.1) is 0 Å². The van der Waals surface area contributed by atoms with E-state index in [0.29, 0.717) is 0 Å². The highest BCUT2D eigenvalue weighted by molar-refractivity contribution is 6.31. The Balaban J connectivity index is 3.19. The van der Waals surface area contributed by atoms with Gasteiger partial charge in [-0.1, -0.05) is 17.7 Å². The lowest BCUT2D eigenvalue weighted by Crippen LogP contribution is -2.28. The van der Waals surface area contributed by atoms with E-state index in [-0.39, 0.29) is 5.02 Å². The number of hydrogen-bond acceptors (Lipinski definition) is 2. The van der Waals surface area contributed by atoms with Gasteiger partial charge in [0.05, 0.1) is 0 Å². The Labute approximate surface area is 83.1 Å². The first-order valence-electron chi connectivity index (χ1n) is 3.63. The number of phenolic OH excluding ortho intramolecular Hbond substituents is 1. The van der Waals surface area contributed by atoms with Crippen molar-refractivity contribution >= 4 is 11.6 Å². The normalized spacial score (nSPS) is 14.1. The van der Waals surface area contributed by atoms with Gasteiger partial charge in [-0.25, -0.2) is 0 Å². The first-order chi connectivity index (χ1) is 6.34. The highest BCUT2D eigenvalue weighted by Gasteiger charge is 2.40. The Morgan fingerprint density at radius 2 is 1.93 bits per heavy atom. The van der Waals surface area contributed by atoms with E-state index in [9.17, 15) is 13.2 Å². The molecule has 0 spiro atoms. The molecule has 0 heterocycles. The van der Waals surface area contributed by atoms with Crippen LogP contribution in [-0.4, -0.2) is 11.3 Å². The van der Waals surface area contributed by atoms with Gasteiger partial charge in [-0.05, 0) is 12.1 Å². The lowest BCUT2D eigenvalue weighted by Gasteiger charge is -2.17. The molecule has 0 aliphatic heterocycles. The van der Waals surface area contributed by atoms with Gasteiger partial charge in [0.2, 0.25) is 0 Å². The van der Waals surface area contributed by atoms with Crippen molar-refractivity contribution < 1.29 is 18.3 Å². The molecule has 0 fully saturated rings. The fourth-order valence-corrected chi connectivity index (χ4v) is 1.28. The monoisotopic (exact) mass is 225 g/mol. The van der Waals surface area contributed by atoms with Crippen molar-refractivity contribution in [3.8, 4) is 5.75 Å². The molecule has 0 amide bonds. The van der Waals surface area contributed by atoms with E-state index in [1.165, 1.54) is 12.1 Å². The smallest absolute Gasteiger partial charge is 0.407 e. The summed E-state index contributed by atoms with van der Waals surface area (Å²) in [5.74, 6) is -0.553. The molecule has 1 aromatic rings. The predicted molar refractivity (Wildman–Crippen MR) is 46.1 cm³/mol.